The molecule has 1 aromatic heterocycles. The summed E-state index contributed by atoms with van der Waals surface area (Å²) in [6.07, 6.45) is 1.10. The quantitative estimate of drug-likeness (QED) is 0.167. The van der Waals surface area contributed by atoms with E-state index in [1.165, 1.54) is 50.1 Å². The molecular weight excluding hydrogens is 621 g/mol. The molecule has 0 saturated carbocycles. The third kappa shape index (κ3) is 6.47. The van der Waals surface area contributed by atoms with E-state index in [2.05, 4.69) is 184 Å². The molecule has 1 atom stereocenters. The van der Waals surface area contributed by atoms with Gasteiger partial charge in [0.05, 0.1) is 0 Å². The summed E-state index contributed by atoms with van der Waals surface area (Å²) in [5.74, 6) is 1.14. The van der Waals surface area contributed by atoms with Crippen molar-refractivity contribution in [3.63, 3.8) is 0 Å². The topological polar surface area (TPSA) is 38.1 Å². The van der Waals surface area contributed by atoms with Crippen LogP contribution in [-0.2, 0) is 0 Å². The maximum Gasteiger partial charge on any atom is 0.227 e. The molecule has 3 nitrogen and oxygen atoms in total. The second-order valence-corrected chi connectivity index (χ2v) is 13.3. The van der Waals surface area contributed by atoms with Crippen LogP contribution in [0.1, 0.15) is 37.3 Å². The SMILES string of the molecule is CCC(C)c1ccc2oc(-c3ccc(-c4ccccc4-c4ccccc4-c4ccc(Nc5ccccc5-c5ccccc5C)cc4)cc3)nc2c1. The highest BCUT2D eigenvalue weighted by atomic mass is 16.3. The Morgan fingerprint density at radius 2 is 1.08 bits per heavy atom. The van der Waals surface area contributed by atoms with Crippen LogP contribution in [0.3, 0.4) is 0 Å². The van der Waals surface area contributed by atoms with Crippen molar-refractivity contribution < 1.29 is 4.42 Å². The first-order valence-electron chi connectivity index (χ1n) is 17.8. The van der Waals surface area contributed by atoms with Gasteiger partial charge in [-0.05, 0) is 112 Å². The van der Waals surface area contributed by atoms with E-state index >= 15 is 0 Å². The molecule has 1 heterocycles. The number of para-hydroxylation sites is 1. The molecule has 0 fully saturated rings. The number of anilines is 2. The lowest BCUT2D eigenvalue weighted by Gasteiger charge is -2.16. The average Bonchev–Trinajstić information content (AvgIpc) is 3.62. The van der Waals surface area contributed by atoms with Crippen molar-refractivity contribution in [2.45, 2.75) is 33.1 Å². The van der Waals surface area contributed by atoms with E-state index in [1.807, 2.05) is 6.07 Å². The van der Waals surface area contributed by atoms with E-state index in [4.69, 9.17) is 9.40 Å². The van der Waals surface area contributed by atoms with Crippen molar-refractivity contribution in [1.29, 1.82) is 0 Å². The molecule has 0 aliphatic rings. The summed E-state index contributed by atoms with van der Waals surface area (Å²) in [5.41, 5.74) is 16.9. The molecule has 0 aliphatic carbocycles. The van der Waals surface area contributed by atoms with Gasteiger partial charge in [0.25, 0.3) is 0 Å². The molecule has 8 aromatic rings. The van der Waals surface area contributed by atoms with Crippen LogP contribution in [0.15, 0.2) is 168 Å². The Labute approximate surface area is 300 Å². The average molecular weight is 661 g/mol. The molecule has 0 saturated heterocycles. The van der Waals surface area contributed by atoms with E-state index in [0.29, 0.717) is 11.8 Å². The summed E-state index contributed by atoms with van der Waals surface area (Å²) >= 11 is 0. The summed E-state index contributed by atoms with van der Waals surface area (Å²) in [4.78, 5) is 4.85. The summed E-state index contributed by atoms with van der Waals surface area (Å²) in [6, 6.07) is 58.0. The van der Waals surface area contributed by atoms with Crippen LogP contribution < -0.4 is 5.32 Å². The van der Waals surface area contributed by atoms with Crippen LogP contribution in [0.4, 0.5) is 11.4 Å². The summed E-state index contributed by atoms with van der Waals surface area (Å²) in [5, 5.41) is 3.68. The number of benzene rings is 7. The van der Waals surface area contributed by atoms with Crippen molar-refractivity contribution in [2.75, 3.05) is 5.32 Å². The Kier molecular flexibility index (Phi) is 8.78. The first-order chi connectivity index (χ1) is 25.1. The van der Waals surface area contributed by atoms with Gasteiger partial charge in [-0.25, -0.2) is 4.98 Å². The molecule has 3 heteroatoms. The first kappa shape index (κ1) is 32.0. The van der Waals surface area contributed by atoms with Crippen LogP contribution in [0.25, 0.3) is 67.1 Å². The van der Waals surface area contributed by atoms with Gasteiger partial charge in [0, 0.05) is 22.5 Å². The van der Waals surface area contributed by atoms with Gasteiger partial charge in [0.15, 0.2) is 5.58 Å². The Bertz CT molecular complexity index is 2450. The van der Waals surface area contributed by atoms with Crippen LogP contribution in [0.2, 0.25) is 0 Å². The molecule has 0 amide bonds. The number of nitrogens with one attached hydrogen (secondary N) is 1. The Hall–Kier alpha value is -6.19. The minimum atomic E-state index is 0.494. The van der Waals surface area contributed by atoms with Gasteiger partial charge in [-0.1, -0.05) is 135 Å². The van der Waals surface area contributed by atoms with Gasteiger partial charge in [-0.15, -0.1) is 0 Å². The van der Waals surface area contributed by atoms with Crippen LogP contribution in [-0.4, -0.2) is 4.98 Å². The normalized spacial score (nSPS) is 11.8. The fraction of sp³-hybridized carbons (Fsp3) is 0.104. The van der Waals surface area contributed by atoms with Crippen molar-refractivity contribution in [3.8, 4) is 56.0 Å². The van der Waals surface area contributed by atoms with Gasteiger partial charge in [0.2, 0.25) is 5.89 Å². The van der Waals surface area contributed by atoms with Gasteiger partial charge < -0.3 is 9.73 Å². The zero-order chi connectivity index (χ0) is 34.7. The van der Waals surface area contributed by atoms with Crippen molar-refractivity contribution in [1.82, 2.24) is 4.98 Å². The van der Waals surface area contributed by atoms with Crippen LogP contribution in [0, 0.1) is 6.92 Å². The molecule has 1 unspecified atom stereocenters. The summed E-state index contributed by atoms with van der Waals surface area (Å²) < 4.78 is 6.18. The lowest BCUT2D eigenvalue weighted by atomic mass is 9.89. The largest absolute Gasteiger partial charge is 0.436 e. The molecule has 7 aromatic carbocycles. The van der Waals surface area contributed by atoms with E-state index < -0.39 is 0 Å². The molecule has 1 N–H and O–H groups in total. The zero-order valence-corrected chi connectivity index (χ0v) is 29.2. The van der Waals surface area contributed by atoms with Gasteiger partial charge in [0.1, 0.15) is 5.52 Å². The molecule has 248 valence electrons. The lowest BCUT2D eigenvalue weighted by Crippen LogP contribution is -1.94. The Balaban J connectivity index is 1.07. The summed E-state index contributed by atoms with van der Waals surface area (Å²) in [7, 11) is 0. The monoisotopic (exact) mass is 660 g/mol. The fourth-order valence-corrected chi connectivity index (χ4v) is 6.93. The second-order valence-electron chi connectivity index (χ2n) is 13.3. The maximum absolute atomic E-state index is 6.18. The highest BCUT2D eigenvalue weighted by molar-refractivity contribution is 5.92. The number of hydrogen-bond acceptors (Lipinski definition) is 3. The third-order valence-corrected chi connectivity index (χ3v) is 10.0. The summed E-state index contributed by atoms with van der Waals surface area (Å²) in [6.45, 7) is 6.62. The second kappa shape index (κ2) is 14.0. The zero-order valence-electron chi connectivity index (χ0n) is 29.2. The maximum atomic E-state index is 6.18. The van der Waals surface area contributed by atoms with E-state index in [1.54, 1.807) is 0 Å². The van der Waals surface area contributed by atoms with Gasteiger partial charge in [-0.3, -0.25) is 0 Å². The first-order valence-corrected chi connectivity index (χ1v) is 17.8. The minimum Gasteiger partial charge on any atom is -0.436 e. The molecule has 8 rings (SSSR count). The lowest BCUT2D eigenvalue weighted by molar-refractivity contribution is 0.619. The fourth-order valence-electron chi connectivity index (χ4n) is 6.93. The molecule has 0 radical (unpaired) electrons. The number of fused-ring (bicyclic) bond motifs is 1. The number of rotatable bonds is 9. The van der Waals surface area contributed by atoms with Crippen LogP contribution >= 0.6 is 0 Å². The van der Waals surface area contributed by atoms with E-state index in [9.17, 15) is 0 Å². The number of aromatic nitrogens is 1. The van der Waals surface area contributed by atoms with E-state index in [-0.39, 0.29) is 0 Å². The predicted molar refractivity (Wildman–Crippen MR) is 214 cm³/mol. The molecule has 0 bridgehead atoms. The Morgan fingerprint density at radius 3 is 1.71 bits per heavy atom. The molecular formula is C48H40N2O. The standard InChI is InChI=1S/C48H40N2O/c1-4-32(2)37-27-30-47-46(31-37)50-48(51-47)36-23-21-34(22-24-36)40-15-7-9-17-42(40)43-18-10-8-16-41(43)35-25-28-38(29-26-35)49-45-20-12-11-19-44(45)39-14-6-5-13-33(39)3/h5-32,49H,4H2,1-3H3. The highest BCUT2D eigenvalue weighted by Crippen LogP contribution is 2.40. The smallest absolute Gasteiger partial charge is 0.227 e. The predicted octanol–water partition coefficient (Wildman–Crippen LogP) is 13.7. The molecule has 0 spiro atoms. The number of aryl methyl sites for hydroxylation is 1. The molecule has 0 aliphatic heterocycles. The van der Waals surface area contributed by atoms with Gasteiger partial charge in [-0.2, -0.15) is 0 Å². The van der Waals surface area contributed by atoms with E-state index in [0.717, 1.165) is 40.0 Å². The van der Waals surface area contributed by atoms with Gasteiger partial charge >= 0.3 is 0 Å². The number of nitrogens with zero attached hydrogens (tertiary/aromatic N) is 1. The third-order valence-electron chi connectivity index (χ3n) is 10.0. The Morgan fingerprint density at radius 1 is 0.549 bits per heavy atom. The highest BCUT2D eigenvalue weighted by Gasteiger charge is 2.15. The van der Waals surface area contributed by atoms with Crippen LogP contribution in [0.5, 0.6) is 0 Å². The molecule has 51 heavy (non-hydrogen) atoms. The van der Waals surface area contributed by atoms with Crippen molar-refractivity contribution in [2.24, 2.45) is 0 Å². The number of oxazole rings is 1. The van der Waals surface area contributed by atoms with Crippen molar-refractivity contribution in [3.05, 3.63) is 175 Å². The minimum absolute atomic E-state index is 0.494. The number of hydrogen-bond donors (Lipinski definition) is 1. The van der Waals surface area contributed by atoms with Crippen molar-refractivity contribution >= 4 is 22.5 Å².